The molecule has 2 N–H and O–H groups in total. The molecule has 1 saturated heterocycles. The van der Waals surface area contributed by atoms with E-state index < -0.39 is 11.9 Å². The summed E-state index contributed by atoms with van der Waals surface area (Å²) in [5, 5.41) is 12.2. The van der Waals surface area contributed by atoms with Crippen LogP contribution < -0.4 is 5.32 Å². The second-order valence-corrected chi connectivity index (χ2v) is 6.38. The van der Waals surface area contributed by atoms with Crippen LogP contribution in [0.3, 0.4) is 0 Å². The Morgan fingerprint density at radius 3 is 2.37 bits per heavy atom. The summed E-state index contributed by atoms with van der Waals surface area (Å²) in [7, 11) is 0. The Labute approximate surface area is 114 Å². The summed E-state index contributed by atoms with van der Waals surface area (Å²) < 4.78 is 0. The Morgan fingerprint density at radius 2 is 1.84 bits per heavy atom. The van der Waals surface area contributed by atoms with E-state index in [1.54, 1.807) is 4.90 Å². The number of hydrogen-bond acceptors (Lipinski definition) is 2. The molecule has 2 aliphatic rings. The first kappa shape index (κ1) is 14.2. The molecule has 5 nitrogen and oxygen atoms in total. The van der Waals surface area contributed by atoms with E-state index in [4.69, 9.17) is 5.11 Å². The third-order valence-electron chi connectivity index (χ3n) is 4.58. The summed E-state index contributed by atoms with van der Waals surface area (Å²) in [6, 6.07) is -0.0972. The fourth-order valence-electron chi connectivity index (χ4n) is 3.25. The summed E-state index contributed by atoms with van der Waals surface area (Å²) in [5.74, 6) is -1.20. The molecule has 1 saturated carbocycles. The number of carbonyl (C=O) groups is 2. The molecule has 0 spiro atoms. The van der Waals surface area contributed by atoms with Crippen molar-refractivity contribution < 1.29 is 14.7 Å². The maximum Gasteiger partial charge on any atom is 0.317 e. The van der Waals surface area contributed by atoms with Gasteiger partial charge in [-0.25, -0.2) is 4.79 Å². The molecule has 0 aromatic heterocycles. The number of nitrogens with zero attached hydrogens (tertiary/aromatic N) is 1. The van der Waals surface area contributed by atoms with Crippen LogP contribution in [0.2, 0.25) is 0 Å². The van der Waals surface area contributed by atoms with E-state index in [0.29, 0.717) is 13.1 Å². The molecular formula is C14H24N2O3. The molecular weight excluding hydrogens is 244 g/mol. The molecule has 19 heavy (non-hydrogen) atoms. The maximum atomic E-state index is 12.3. The number of likely N-dealkylation sites (tertiary alicyclic amines) is 1. The number of amides is 2. The van der Waals surface area contributed by atoms with Crippen LogP contribution in [0, 0.1) is 11.8 Å². The lowest BCUT2D eigenvalue weighted by atomic mass is 9.83. The number of hydrogen-bond donors (Lipinski definition) is 2. The van der Waals surface area contributed by atoms with Gasteiger partial charge in [0.2, 0.25) is 0 Å². The van der Waals surface area contributed by atoms with Crippen LogP contribution in [0.4, 0.5) is 4.79 Å². The highest BCUT2D eigenvalue weighted by Crippen LogP contribution is 2.29. The second-order valence-electron chi connectivity index (χ2n) is 6.38. The molecule has 108 valence electrons. The van der Waals surface area contributed by atoms with Crippen LogP contribution in [0.25, 0.3) is 0 Å². The van der Waals surface area contributed by atoms with E-state index in [2.05, 4.69) is 12.2 Å². The minimum Gasteiger partial charge on any atom is -0.481 e. The number of urea groups is 1. The third-order valence-corrected chi connectivity index (χ3v) is 4.58. The molecule has 0 aromatic carbocycles. The van der Waals surface area contributed by atoms with Gasteiger partial charge in [-0.05, 0) is 25.7 Å². The van der Waals surface area contributed by atoms with Gasteiger partial charge in [-0.2, -0.15) is 0 Å². The van der Waals surface area contributed by atoms with Crippen LogP contribution in [-0.4, -0.2) is 40.6 Å². The summed E-state index contributed by atoms with van der Waals surface area (Å²) in [4.78, 5) is 25.0. The number of rotatable bonds is 2. The van der Waals surface area contributed by atoms with Gasteiger partial charge in [-0.3, -0.25) is 4.79 Å². The quantitative estimate of drug-likeness (QED) is 0.805. The van der Waals surface area contributed by atoms with Gasteiger partial charge in [-0.15, -0.1) is 0 Å². The Kier molecular flexibility index (Phi) is 4.02. The van der Waals surface area contributed by atoms with Gasteiger partial charge in [0.25, 0.3) is 0 Å². The zero-order valence-electron chi connectivity index (χ0n) is 11.8. The van der Waals surface area contributed by atoms with Gasteiger partial charge in [-0.1, -0.05) is 26.2 Å². The molecule has 1 heterocycles. The highest BCUT2D eigenvalue weighted by molar-refractivity contribution is 5.78. The molecule has 2 atom stereocenters. The summed E-state index contributed by atoms with van der Waals surface area (Å²) >= 11 is 0. The number of carboxylic acid groups (broad SMARTS) is 1. The monoisotopic (exact) mass is 268 g/mol. The normalized spacial score (nSPS) is 30.1. The minimum atomic E-state index is -0.799. The maximum absolute atomic E-state index is 12.3. The number of carbonyl (C=O) groups excluding carboxylic acids is 1. The van der Waals surface area contributed by atoms with Gasteiger partial charge < -0.3 is 15.3 Å². The van der Waals surface area contributed by atoms with Gasteiger partial charge in [0, 0.05) is 18.6 Å². The standard InChI is InChI=1S/C14H24N2O3/c1-10-8-16(9-11(10)12(17)18)13(19)15-14(2)6-4-3-5-7-14/h10-11H,3-9H2,1-2H3,(H,15,19)(H,17,18)/t10-,11-/m1/s1. The van der Waals surface area contributed by atoms with Crippen LogP contribution in [0.15, 0.2) is 0 Å². The Bertz CT molecular complexity index is 364. The van der Waals surface area contributed by atoms with Crippen LogP contribution in [0.1, 0.15) is 46.0 Å². The minimum absolute atomic E-state index is 0.0300. The number of carboxylic acids is 1. The van der Waals surface area contributed by atoms with Crippen LogP contribution in [-0.2, 0) is 4.79 Å². The largest absolute Gasteiger partial charge is 0.481 e. The van der Waals surface area contributed by atoms with Crippen LogP contribution in [0.5, 0.6) is 0 Å². The predicted molar refractivity (Wildman–Crippen MR) is 71.9 cm³/mol. The van der Waals surface area contributed by atoms with Gasteiger partial charge >= 0.3 is 12.0 Å². The molecule has 2 fully saturated rings. The van der Waals surface area contributed by atoms with Crippen molar-refractivity contribution >= 4 is 12.0 Å². The van der Waals surface area contributed by atoms with Crippen molar-refractivity contribution in [2.75, 3.05) is 13.1 Å². The second kappa shape index (κ2) is 5.39. The van der Waals surface area contributed by atoms with E-state index in [0.717, 1.165) is 25.7 Å². The van der Waals surface area contributed by atoms with E-state index >= 15 is 0 Å². The smallest absolute Gasteiger partial charge is 0.317 e. The topological polar surface area (TPSA) is 69.6 Å². The van der Waals surface area contributed by atoms with Crippen molar-refractivity contribution in [2.45, 2.75) is 51.5 Å². The van der Waals surface area contributed by atoms with Crippen molar-refractivity contribution in [2.24, 2.45) is 11.8 Å². The Morgan fingerprint density at radius 1 is 1.21 bits per heavy atom. The molecule has 1 aliphatic heterocycles. The lowest BCUT2D eigenvalue weighted by molar-refractivity contribution is -0.142. The fraction of sp³-hybridized carbons (Fsp3) is 0.857. The fourth-order valence-corrected chi connectivity index (χ4v) is 3.25. The number of aliphatic carboxylic acids is 1. The summed E-state index contributed by atoms with van der Waals surface area (Å²) in [6.45, 7) is 4.87. The van der Waals surface area contributed by atoms with Crippen molar-refractivity contribution in [3.8, 4) is 0 Å². The Balaban J connectivity index is 1.92. The molecule has 2 rings (SSSR count). The van der Waals surface area contributed by atoms with Crippen molar-refractivity contribution in [1.82, 2.24) is 10.2 Å². The molecule has 2 amide bonds. The van der Waals surface area contributed by atoms with E-state index in [9.17, 15) is 9.59 Å². The molecule has 1 aliphatic carbocycles. The predicted octanol–water partition coefficient (Wildman–Crippen LogP) is 2.07. The average Bonchev–Trinajstić information content (AvgIpc) is 2.72. The van der Waals surface area contributed by atoms with E-state index in [1.807, 2.05) is 6.92 Å². The first-order valence-corrected chi connectivity index (χ1v) is 7.21. The zero-order chi connectivity index (χ0) is 14.0. The first-order chi connectivity index (χ1) is 8.91. The summed E-state index contributed by atoms with van der Waals surface area (Å²) in [5.41, 5.74) is -0.111. The van der Waals surface area contributed by atoms with Crippen LogP contribution >= 0.6 is 0 Å². The van der Waals surface area contributed by atoms with Crippen molar-refractivity contribution in [3.63, 3.8) is 0 Å². The SMILES string of the molecule is C[C@@H]1CN(C(=O)NC2(C)CCCCC2)C[C@H]1C(=O)O. The number of nitrogens with one attached hydrogen (secondary N) is 1. The van der Waals surface area contributed by atoms with Gasteiger partial charge in [0.15, 0.2) is 0 Å². The first-order valence-electron chi connectivity index (χ1n) is 7.21. The van der Waals surface area contributed by atoms with Crippen molar-refractivity contribution in [1.29, 1.82) is 0 Å². The lowest BCUT2D eigenvalue weighted by Crippen LogP contribution is -2.52. The van der Waals surface area contributed by atoms with Gasteiger partial charge in [0.1, 0.15) is 0 Å². The molecule has 0 radical (unpaired) electrons. The highest BCUT2D eigenvalue weighted by atomic mass is 16.4. The Hall–Kier alpha value is -1.26. The van der Waals surface area contributed by atoms with Gasteiger partial charge in [0.05, 0.1) is 5.92 Å². The summed E-state index contributed by atoms with van der Waals surface area (Å²) in [6.07, 6.45) is 5.60. The van der Waals surface area contributed by atoms with E-state index in [1.165, 1.54) is 6.42 Å². The molecule has 0 unspecified atom stereocenters. The third kappa shape index (κ3) is 3.19. The molecule has 5 heteroatoms. The highest BCUT2D eigenvalue weighted by Gasteiger charge is 2.38. The lowest BCUT2D eigenvalue weighted by Gasteiger charge is -2.36. The van der Waals surface area contributed by atoms with E-state index in [-0.39, 0.29) is 17.5 Å². The molecule has 0 aromatic rings. The van der Waals surface area contributed by atoms with Crippen molar-refractivity contribution in [3.05, 3.63) is 0 Å². The zero-order valence-corrected chi connectivity index (χ0v) is 11.8. The average molecular weight is 268 g/mol. The molecule has 0 bridgehead atoms.